The van der Waals surface area contributed by atoms with Gasteiger partial charge in [-0.1, -0.05) is 43.0 Å². The molecule has 1 saturated heterocycles. The molecule has 2 fully saturated rings. The minimum absolute atomic E-state index is 0.655. The van der Waals surface area contributed by atoms with Crippen molar-refractivity contribution < 1.29 is 0 Å². The van der Waals surface area contributed by atoms with Crippen molar-refractivity contribution in [2.75, 3.05) is 32.7 Å². The number of hydrogen-bond acceptors (Lipinski definition) is 2. The first-order valence-corrected chi connectivity index (χ1v) is 8.89. The Balaban J connectivity index is 1.75. The number of rotatable bonds is 4. The molecule has 0 spiro atoms. The van der Waals surface area contributed by atoms with Crippen molar-refractivity contribution in [3.8, 4) is 0 Å². The fraction of sp³-hybridized carbons (Fsp3) is 0.667. The van der Waals surface area contributed by atoms with E-state index < -0.39 is 0 Å². The predicted octanol–water partition coefficient (Wildman–Crippen LogP) is 3.91. The van der Waals surface area contributed by atoms with Crippen molar-refractivity contribution in [2.24, 2.45) is 5.92 Å². The highest BCUT2D eigenvalue weighted by atomic mass is 35.5. The molecule has 3 rings (SSSR count). The summed E-state index contributed by atoms with van der Waals surface area (Å²) in [6, 6.07) is 8.59. The van der Waals surface area contributed by atoms with Crippen LogP contribution in [0.15, 0.2) is 24.3 Å². The predicted molar refractivity (Wildman–Crippen MR) is 90.1 cm³/mol. The number of nitrogens with zero attached hydrogens (tertiary/aromatic N) is 1. The van der Waals surface area contributed by atoms with E-state index in [0.29, 0.717) is 5.92 Å². The van der Waals surface area contributed by atoms with Crippen molar-refractivity contribution in [3.63, 3.8) is 0 Å². The summed E-state index contributed by atoms with van der Waals surface area (Å²) in [7, 11) is 0. The number of piperazine rings is 1. The second-order valence-corrected chi connectivity index (χ2v) is 7.05. The molecule has 1 saturated carbocycles. The third-order valence-corrected chi connectivity index (χ3v) is 5.40. The quantitative estimate of drug-likeness (QED) is 0.907. The minimum atomic E-state index is 0.655. The Morgan fingerprint density at radius 1 is 1.14 bits per heavy atom. The molecule has 1 atom stereocenters. The Labute approximate surface area is 133 Å². The van der Waals surface area contributed by atoms with Crippen molar-refractivity contribution in [3.05, 3.63) is 34.9 Å². The van der Waals surface area contributed by atoms with Crippen LogP contribution < -0.4 is 5.32 Å². The lowest BCUT2D eigenvalue weighted by Crippen LogP contribution is -2.45. The zero-order valence-electron chi connectivity index (χ0n) is 12.9. The molecule has 3 heteroatoms. The van der Waals surface area contributed by atoms with Gasteiger partial charge in [0.1, 0.15) is 0 Å². The molecule has 116 valence electrons. The van der Waals surface area contributed by atoms with Crippen molar-refractivity contribution >= 4 is 11.6 Å². The largest absolute Gasteiger partial charge is 0.314 e. The van der Waals surface area contributed by atoms with Crippen LogP contribution in [0.25, 0.3) is 0 Å². The highest BCUT2D eigenvalue weighted by Crippen LogP contribution is 2.37. The van der Waals surface area contributed by atoms with Gasteiger partial charge in [0.05, 0.1) is 0 Å². The zero-order valence-corrected chi connectivity index (χ0v) is 13.6. The van der Waals surface area contributed by atoms with Gasteiger partial charge in [-0.25, -0.2) is 0 Å². The Kier molecular flexibility index (Phi) is 5.56. The van der Waals surface area contributed by atoms with E-state index in [1.807, 2.05) is 6.07 Å². The molecule has 1 aliphatic carbocycles. The smallest absolute Gasteiger partial charge is 0.0408 e. The van der Waals surface area contributed by atoms with Crippen molar-refractivity contribution in [1.29, 1.82) is 0 Å². The Hall–Kier alpha value is -0.570. The van der Waals surface area contributed by atoms with E-state index in [0.717, 1.165) is 24.0 Å². The lowest BCUT2D eigenvalue weighted by molar-refractivity contribution is 0.187. The van der Waals surface area contributed by atoms with Gasteiger partial charge < -0.3 is 10.2 Å². The molecule has 0 amide bonds. The summed E-state index contributed by atoms with van der Waals surface area (Å²) in [5.41, 5.74) is 1.45. The average Bonchev–Trinajstić information content (AvgIpc) is 2.54. The molecule has 0 bridgehead atoms. The number of hydrogen-bond donors (Lipinski definition) is 1. The van der Waals surface area contributed by atoms with Crippen LogP contribution in [0.4, 0.5) is 0 Å². The van der Waals surface area contributed by atoms with Crippen LogP contribution >= 0.6 is 11.6 Å². The molecule has 21 heavy (non-hydrogen) atoms. The second kappa shape index (κ2) is 7.62. The third-order valence-electron chi connectivity index (χ3n) is 5.16. The Bertz CT molecular complexity index is 437. The van der Waals surface area contributed by atoms with Crippen LogP contribution in [0.5, 0.6) is 0 Å². The summed E-state index contributed by atoms with van der Waals surface area (Å²) in [6.07, 6.45) is 7.02. The van der Waals surface area contributed by atoms with E-state index in [1.165, 1.54) is 57.3 Å². The van der Waals surface area contributed by atoms with Gasteiger partial charge in [0.25, 0.3) is 0 Å². The molecule has 1 aromatic rings. The van der Waals surface area contributed by atoms with Crippen LogP contribution in [0.3, 0.4) is 0 Å². The molecular formula is C18H27ClN2. The molecule has 0 radical (unpaired) electrons. The van der Waals surface area contributed by atoms with E-state index in [2.05, 4.69) is 28.4 Å². The SMILES string of the molecule is Clc1cccc([C@H](CN2CCNCC2)C2CCCCC2)c1. The van der Waals surface area contributed by atoms with Gasteiger partial charge in [-0.05, 0) is 42.4 Å². The van der Waals surface area contributed by atoms with Crippen LogP contribution in [-0.4, -0.2) is 37.6 Å². The first kappa shape index (κ1) is 15.3. The maximum atomic E-state index is 6.25. The molecule has 2 nitrogen and oxygen atoms in total. The van der Waals surface area contributed by atoms with Gasteiger partial charge in [-0.3, -0.25) is 0 Å². The summed E-state index contributed by atoms with van der Waals surface area (Å²) in [6.45, 7) is 5.83. The third kappa shape index (κ3) is 4.21. The van der Waals surface area contributed by atoms with Gasteiger partial charge in [0.15, 0.2) is 0 Å². The van der Waals surface area contributed by atoms with Crippen LogP contribution in [0, 0.1) is 5.92 Å². The van der Waals surface area contributed by atoms with Gasteiger partial charge in [0, 0.05) is 37.7 Å². The lowest BCUT2D eigenvalue weighted by atomic mass is 9.76. The standard InChI is InChI=1S/C18H27ClN2/c19-17-8-4-7-16(13-17)18(15-5-2-1-3-6-15)14-21-11-9-20-10-12-21/h4,7-8,13,15,18,20H,1-3,5-6,9-12,14H2/t18-/m1/s1. The summed E-state index contributed by atoms with van der Waals surface area (Å²) >= 11 is 6.25. The maximum Gasteiger partial charge on any atom is 0.0408 e. The van der Waals surface area contributed by atoms with Crippen molar-refractivity contribution in [1.82, 2.24) is 10.2 Å². The van der Waals surface area contributed by atoms with Gasteiger partial charge in [-0.15, -0.1) is 0 Å². The van der Waals surface area contributed by atoms with Crippen LogP contribution in [0.2, 0.25) is 5.02 Å². The van der Waals surface area contributed by atoms with Crippen LogP contribution in [0.1, 0.15) is 43.6 Å². The van der Waals surface area contributed by atoms with E-state index >= 15 is 0 Å². The molecule has 1 aliphatic heterocycles. The summed E-state index contributed by atoms with van der Waals surface area (Å²) in [5.74, 6) is 1.49. The summed E-state index contributed by atoms with van der Waals surface area (Å²) in [5, 5.41) is 4.34. The van der Waals surface area contributed by atoms with E-state index in [1.54, 1.807) is 0 Å². The van der Waals surface area contributed by atoms with Crippen molar-refractivity contribution in [2.45, 2.75) is 38.0 Å². The molecule has 1 heterocycles. The van der Waals surface area contributed by atoms with Crippen LogP contribution in [-0.2, 0) is 0 Å². The number of benzene rings is 1. The molecule has 2 aliphatic rings. The lowest BCUT2D eigenvalue weighted by Gasteiger charge is -2.36. The van der Waals surface area contributed by atoms with Gasteiger partial charge in [0.2, 0.25) is 0 Å². The van der Waals surface area contributed by atoms with Gasteiger partial charge >= 0.3 is 0 Å². The van der Waals surface area contributed by atoms with E-state index in [9.17, 15) is 0 Å². The van der Waals surface area contributed by atoms with Gasteiger partial charge in [-0.2, -0.15) is 0 Å². The monoisotopic (exact) mass is 306 g/mol. The molecule has 0 aromatic heterocycles. The molecule has 1 N–H and O–H groups in total. The summed E-state index contributed by atoms with van der Waals surface area (Å²) < 4.78 is 0. The molecule has 0 unspecified atom stereocenters. The number of halogens is 1. The topological polar surface area (TPSA) is 15.3 Å². The number of nitrogens with one attached hydrogen (secondary N) is 1. The average molecular weight is 307 g/mol. The molecule has 1 aromatic carbocycles. The minimum Gasteiger partial charge on any atom is -0.314 e. The highest BCUT2D eigenvalue weighted by Gasteiger charge is 2.27. The fourth-order valence-corrected chi connectivity index (χ4v) is 4.17. The first-order valence-electron chi connectivity index (χ1n) is 8.51. The van der Waals surface area contributed by atoms with E-state index in [4.69, 9.17) is 11.6 Å². The highest BCUT2D eigenvalue weighted by molar-refractivity contribution is 6.30. The summed E-state index contributed by atoms with van der Waals surface area (Å²) in [4.78, 5) is 2.64. The second-order valence-electron chi connectivity index (χ2n) is 6.61. The maximum absolute atomic E-state index is 6.25. The van der Waals surface area contributed by atoms with E-state index in [-0.39, 0.29) is 0 Å². The Morgan fingerprint density at radius 2 is 1.90 bits per heavy atom. The zero-order chi connectivity index (χ0) is 14.5. The normalized spacial score (nSPS) is 23.1. The molecular weight excluding hydrogens is 280 g/mol. The Morgan fingerprint density at radius 3 is 2.62 bits per heavy atom. The first-order chi connectivity index (χ1) is 10.3. The fourth-order valence-electron chi connectivity index (χ4n) is 3.97.